The number of carbonyl (C=O) groups excluding carboxylic acids is 1. The number of pyridine rings is 1. The van der Waals surface area contributed by atoms with E-state index in [1.165, 1.54) is 10.6 Å². The number of nitrogens with zero attached hydrogens (tertiary/aromatic N) is 1. The van der Waals surface area contributed by atoms with Gasteiger partial charge in [0.15, 0.2) is 6.61 Å². The zero-order valence-corrected chi connectivity index (χ0v) is 22.5. The van der Waals surface area contributed by atoms with Gasteiger partial charge in [-0.2, -0.15) is 0 Å². The Kier molecular flexibility index (Phi) is 9.17. The van der Waals surface area contributed by atoms with E-state index in [4.69, 9.17) is 21.4 Å². The van der Waals surface area contributed by atoms with E-state index in [1.807, 2.05) is 30.3 Å². The smallest absolute Gasteiger partial charge is 1.00 e. The number of ether oxygens (including phenoxy) is 1. The first-order valence-electron chi connectivity index (χ1n) is 10.7. The van der Waals surface area contributed by atoms with Gasteiger partial charge in [-0.3, -0.25) is 4.79 Å². The van der Waals surface area contributed by atoms with Gasteiger partial charge in [-0.15, -0.1) is 0 Å². The maximum absolute atomic E-state index is 13.1. The first kappa shape index (κ1) is 27.3. The number of carboxylic acids is 1. The summed E-state index contributed by atoms with van der Waals surface area (Å²) in [5.41, 5.74) is 2.53. The molecule has 0 saturated heterocycles. The van der Waals surface area contributed by atoms with Gasteiger partial charge in [-0.05, 0) is 41.3 Å². The van der Waals surface area contributed by atoms with Crippen molar-refractivity contribution >= 4 is 40.1 Å². The van der Waals surface area contributed by atoms with E-state index < -0.39 is 18.6 Å². The van der Waals surface area contributed by atoms with Crippen molar-refractivity contribution in [1.82, 2.24) is 9.88 Å². The molecule has 3 N–H and O–H groups in total. The number of hydrogen-bond acceptors (Lipinski definition) is 4. The van der Waals surface area contributed by atoms with Crippen LogP contribution in [0.4, 0.5) is 10.5 Å². The van der Waals surface area contributed by atoms with Crippen molar-refractivity contribution in [2.75, 3.05) is 11.9 Å². The first-order valence-corrected chi connectivity index (χ1v) is 11.1. The fraction of sp³-hybridized carbons (Fsp3) is 0.115. The Morgan fingerprint density at radius 2 is 1.78 bits per heavy atom. The normalized spacial score (nSPS) is 10.4. The van der Waals surface area contributed by atoms with Gasteiger partial charge in [0.25, 0.3) is 5.56 Å². The third kappa shape index (κ3) is 6.27. The first-order chi connectivity index (χ1) is 16.8. The van der Waals surface area contributed by atoms with E-state index in [-0.39, 0.29) is 43.1 Å². The van der Waals surface area contributed by atoms with Gasteiger partial charge >= 0.3 is 41.6 Å². The van der Waals surface area contributed by atoms with Gasteiger partial charge < -0.3 is 26.5 Å². The van der Waals surface area contributed by atoms with Crippen molar-refractivity contribution in [2.45, 2.75) is 6.54 Å². The van der Waals surface area contributed by atoms with Crippen LogP contribution < -0.4 is 50.5 Å². The molecular weight excluding hydrogens is 493 g/mol. The molecule has 10 heteroatoms. The Bertz CT molecular complexity index is 1480. The van der Waals surface area contributed by atoms with Crippen LogP contribution in [-0.4, -0.2) is 28.3 Å². The Hall–Kier alpha value is -3.30. The molecule has 0 unspecified atom stereocenters. The standard InChI is InChI=1S/C26H22ClN3O5.Na.H/c1-30-22(14-28-26(34)29-18-8-5-9-19(13-18)35-15-23(31)32)24(16-6-3-2-4-7-16)21-12-17(27)10-11-20(21)25(30)33;;/h2-13H,14-15H2,1H3,(H,31,32)(H2,28,29,34);;/q;+1;-1. The van der Waals surface area contributed by atoms with Crippen LogP contribution >= 0.6 is 11.6 Å². The summed E-state index contributed by atoms with van der Waals surface area (Å²) in [6.45, 7) is -0.419. The van der Waals surface area contributed by atoms with E-state index >= 15 is 0 Å². The van der Waals surface area contributed by atoms with Gasteiger partial charge in [0, 0.05) is 40.5 Å². The van der Waals surface area contributed by atoms with Crippen LogP contribution in [0.15, 0.2) is 77.6 Å². The molecule has 0 fully saturated rings. The maximum Gasteiger partial charge on any atom is 1.00 e. The van der Waals surface area contributed by atoms with Crippen molar-refractivity contribution in [3.8, 4) is 16.9 Å². The largest absolute Gasteiger partial charge is 1.00 e. The van der Waals surface area contributed by atoms with Crippen LogP contribution in [0.1, 0.15) is 7.12 Å². The fourth-order valence-corrected chi connectivity index (χ4v) is 3.99. The van der Waals surface area contributed by atoms with Gasteiger partial charge in [-0.25, -0.2) is 9.59 Å². The summed E-state index contributed by atoms with van der Waals surface area (Å²) >= 11 is 6.26. The number of urea groups is 1. The van der Waals surface area contributed by atoms with E-state index in [1.54, 1.807) is 43.4 Å². The number of carboxylic acid groups (broad SMARTS) is 1. The monoisotopic (exact) mass is 515 g/mol. The second-order valence-electron chi connectivity index (χ2n) is 7.76. The van der Waals surface area contributed by atoms with E-state index in [9.17, 15) is 14.4 Å². The molecule has 0 aliphatic heterocycles. The van der Waals surface area contributed by atoms with E-state index in [0.29, 0.717) is 32.9 Å². The van der Waals surface area contributed by atoms with Gasteiger partial charge in [0.2, 0.25) is 0 Å². The van der Waals surface area contributed by atoms with E-state index in [2.05, 4.69) is 10.6 Å². The SMILES string of the molecule is Cn1c(CNC(=O)Nc2cccc(OCC(=O)O)c2)c(-c2ccccc2)c2cc(Cl)ccc2c1=O.[H-].[Na+]. The Morgan fingerprint density at radius 3 is 2.50 bits per heavy atom. The van der Waals surface area contributed by atoms with Crippen LogP contribution in [0.3, 0.4) is 0 Å². The Morgan fingerprint density at radius 1 is 1.03 bits per heavy atom. The quantitative estimate of drug-likeness (QED) is 0.325. The second-order valence-corrected chi connectivity index (χ2v) is 8.20. The summed E-state index contributed by atoms with van der Waals surface area (Å²) in [4.78, 5) is 36.4. The van der Waals surface area contributed by atoms with Crippen molar-refractivity contribution < 1.29 is 50.4 Å². The zero-order valence-electron chi connectivity index (χ0n) is 20.7. The predicted octanol–water partition coefficient (Wildman–Crippen LogP) is 1.76. The second kappa shape index (κ2) is 12.1. The number of aliphatic carboxylic acids is 1. The molecule has 0 bridgehead atoms. The average molecular weight is 516 g/mol. The number of carbonyl (C=O) groups is 2. The molecular formula is C26H23ClN3NaO5. The van der Waals surface area contributed by atoms with Crippen molar-refractivity contribution in [3.63, 3.8) is 0 Å². The summed E-state index contributed by atoms with van der Waals surface area (Å²) in [5.74, 6) is -0.789. The molecule has 0 atom stereocenters. The number of amides is 2. The Balaban J connectivity index is 0.00000241. The molecule has 1 heterocycles. The Labute approximate surface area is 235 Å². The minimum absolute atomic E-state index is 0. The van der Waals surface area contributed by atoms with Crippen LogP contribution in [0, 0.1) is 0 Å². The van der Waals surface area contributed by atoms with Gasteiger partial charge in [0.1, 0.15) is 5.75 Å². The number of aromatic nitrogens is 1. The molecule has 0 spiro atoms. The molecule has 0 aliphatic carbocycles. The summed E-state index contributed by atoms with van der Waals surface area (Å²) in [6.07, 6.45) is 0. The minimum Gasteiger partial charge on any atom is -1.00 e. The van der Waals surface area contributed by atoms with E-state index in [0.717, 1.165) is 11.1 Å². The number of nitrogens with one attached hydrogen (secondary N) is 2. The summed E-state index contributed by atoms with van der Waals surface area (Å²) in [7, 11) is 1.67. The summed E-state index contributed by atoms with van der Waals surface area (Å²) in [6, 6.07) is 20.6. The van der Waals surface area contributed by atoms with Gasteiger partial charge in [-0.1, -0.05) is 48.0 Å². The van der Waals surface area contributed by atoms with Crippen LogP contribution in [0.5, 0.6) is 5.75 Å². The molecule has 1 aromatic heterocycles. The van der Waals surface area contributed by atoms with Gasteiger partial charge in [0.05, 0.1) is 6.54 Å². The molecule has 36 heavy (non-hydrogen) atoms. The predicted molar refractivity (Wildman–Crippen MR) is 136 cm³/mol. The van der Waals surface area contributed by atoms with Crippen molar-refractivity contribution in [2.24, 2.45) is 7.05 Å². The number of rotatable bonds is 7. The number of benzene rings is 3. The molecule has 4 rings (SSSR count). The molecule has 4 aromatic rings. The third-order valence-electron chi connectivity index (χ3n) is 5.41. The van der Waals surface area contributed by atoms with Crippen molar-refractivity contribution in [1.29, 1.82) is 0 Å². The van der Waals surface area contributed by atoms with Crippen LogP contribution in [-0.2, 0) is 18.4 Å². The summed E-state index contributed by atoms with van der Waals surface area (Å²) < 4.78 is 6.67. The number of anilines is 1. The molecule has 0 radical (unpaired) electrons. The van der Waals surface area contributed by atoms with Crippen LogP contribution in [0.2, 0.25) is 5.02 Å². The topological polar surface area (TPSA) is 110 Å². The number of hydrogen-bond donors (Lipinski definition) is 3. The molecule has 0 saturated carbocycles. The minimum atomic E-state index is -1.10. The number of fused-ring (bicyclic) bond motifs is 1. The molecule has 8 nitrogen and oxygen atoms in total. The number of halogens is 1. The third-order valence-corrected chi connectivity index (χ3v) is 5.65. The molecule has 180 valence electrons. The molecule has 2 amide bonds. The molecule has 3 aromatic carbocycles. The molecule has 0 aliphatic rings. The summed E-state index contributed by atoms with van der Waals surface area (Å²) in [5, 5.41) is 16.0. The average Bonchev–Trinajstić information content (AvgIpc) is 2.84. The fourth-order valence-electron chi connectivity index (χ4n) is 3.82. The van der Waals surface area contributed by atoms with Crippen LogP contribution in [0.25, 0.3) is 21.9 Å². The zero-order chi connectivity index (χ0) is 24.9. The van der Waals surface area contributed by atoms with Crippen molar-refractivity contribution in [3.05, 3.63) is 93.9 Å². The maximum atomic E-state index is 13.1.